The third-order valence-electron chi connectivity index (χ3n) is 5.83. The summed E-state index contributed by atoms with van der Waals surface area (Å²) < 4.78 is 5.26. The number of hydrogen-bond acceptors (Lipinski definition) is 5. The van der Waals surface area contributed by atoms with Gasteiger partial charge in [0.2, 0.25) is 17.7 Å². The van der Waals surface area contributed by atoms with Gasteiger partial charge in [0, 0.05) is 37.6 Å². The lowest BCUT2D eigenvalue weighted by atomic mass is 9.98. The highest BCUT2D eigenvalue weighted by molar-refractivity contribution is 6.03. The molecule has 2 N–H and O–H groups in total. The maximum absolute atomic E-state index is 13.2. The summed E-state index contributed by atoms with van der Waals surface area (Å²) in [6.07, 6.45) is 0.622. The van der Waals surface area contributed by atoms with E-state index in [1.807, 2.05) is 54.6 Å². The SMILES string of the molecule is COc1ccc(C2CC(c3ccccc3)=NN2C(=O)CCC(=O)Nc2ccc(NC(C)=O)cc2)cc1. The number of hydrogen-bond donors (Lipinski definition) is 2. The molecule has 8 nitrogen and oxygen atoms in total. The number of hydrazone groups is 1. The molecule has 0 aromatic heterocycles. The van der Waals surface area contributed by atoms with Gasteiger partial charge in [-0.15, -0.1) is 0 Å². The van der Waals surface area contributed by atoms with E-state index in [1.165, 1.54) is 11.9 Å². The van der Waals surface area contributed by atoms with Gasteiger partial charge in [-0.2, -0.15) is 5.10 Å². The quantitative estimate of drug-likeness (QED) is 0.482. The molecule has 0 saturated carbocycles. The van der Waals surface area contributed by atoms with Gasteiger partial charge in [0.15, 0.2) is 0 Å². The molecule has 184 valence electrons. The maximum atomic E-state index is 13.2. The molecule has 0 bridgehead atoms. The summed E-state index contributed by atoms with van der Waals surface area (Å²) in [5, 5.41) is 11.6. The minimum atomic E-state index is -0.275. The Labute approximate surface area is 210 Å². The lowest BCUT2D eigenvalue weighted by Gasteiger charge is -2.22. The Morgan fingerprint density at radius 2 is 1.53 bits per heavy atom. The summed E-state index contributed by atoms with van der Waals surface area (Å²) in [5.41, 5.74) is 3.97. The predicted octanol–water partition coefficient (Wildman–Crippen LogP) is 4.75. The lowest BCUT2D eigenvalue weighted by Crippen LogP contribution is -2.28. The van der Waals surface area contributed by atoms with Crippen LogP contribution in [0.15, 0.2) is 84.0 Å². The molecule has 0 aliphatic carbocycles. The Morgan fingerprint density at radius 1 is 0.889 bits per heavy atom. The molecule has 0 fully saturated rings. The van der Waals surface area contributed by atoms with Gasteiger partial charge in [-0.1, -0.05) is 42.5 Å². The van der Waals surface area contributed by atoms with E-state index in [4.69, 9.17) is 4.74 Å². The summed E-state index contributed by atoms with van der Waals surface area (Å²) in [7, 11) is 1.61. The van der Waals surface area contributed by atoms with E-state index in [0.29, 0.717) is 17.8 Å². The van der Waals surface area contributed by atoms with Crippen molar-refractivity contribution in [3.05, 3.63) is 90.0 Å². The van der Waals surface area contributed by atoms with Gasteiger partial charge in [-0.05, 0) is 47.5 Å². The third-order valence-corrected chi connectivity index (χ3v) is 5.83. The molecule has 3 amide bonds. The van der Waals surface area contributed by atoms with Gasteiger partial charge in [-0.25, -0.2) is 5.01 Å². The number of anilines is 2. The second kappa shape index (κ2) is 11.3. The Morgan fingerprint density at radius 3 is 2.14 bits per heavy atom. The van der Waals surface area contributed by atoms with Gasteiger partial charge >= 0.3 is 0 Å². The number of carbonyl (C=O) groups is 3. The minimum Gasteiger partial charge on any atom is -0.497 e. The number of nitrogens with one attached hydrogen (secondary N) is 2. The molecule has 1 aliphatic rings. The van der Waals surface area contributed by atoms with Crippen molar-refractivity contribution >= 4 is 34.8 Å². The summed E-state index contributed by atoms with van der Waals surface area (Å²) >= 11 is 0. The van der Waals surface area contributed by atoms with Crippen LogP contribution in [0, 0.1) is 0 Å². The molecule has 3 aromatic rings. The van der Waals surface area contributed by atoms with Crippen LogP contribution in [0.3, 0.4) is 0 Å². The standard InChI is InChI=1S/C28H28N4O4/c1-19(33)29-22-10-12-23(13-11-22)30-27(34)16-17-28(35)32-26(21-8-14-24(36-2)15-9-21)18-25(31-32)20-6-4-3-5-7-20/h3-15,26H,16-18H2,1-2H3,(H,29,33)(H,30,34). The zero-order valence-electron chi connectivity index (χ0n) is 20.2. The normalized spacial score (nSPS) is 14.7. The van der Waals surface area contributed by atoms with Crippen LogP contribution in [0.5, 0.6) is 5.75 Å². The number of benzene rings is 3. The first kappa shape index (κ1) is 24.7. The molecule has 1 atom stereocenters. The highest BCUT2D eigenvalue weighted by Crippen LogP contribution is 2.34. The molecule has 0 radical (unpaired) electrons. The summed E-state index contributed by atoms with van der Waals surface area (Å²) in [4.78, 5) is 36.9. The molecule has 1 aliphatic heterocycles. The fourth-order valence-electron chi connectivity index (χ4n) is 4.03. The fraction of sp³-hybridized carbons (Fsp3) is 0.214. The third kappa shape index (κ3) is 6.15. The van der Waals surface area contributed by atoms with Crippen molar-refractivity contribution in [2.45, 2.75) is 32.2 Å². The highest BCUT2D eigenvalue weighted by atomic mass is 16.5. The average molecular weight is 485 g/mol. The monoisotopic (exact) mass is 484 g/mol. The summed E-state index contributed by atoms with van der Waals surface area (Å²) in [6, 6.07) is 23.9. The first-order valence-corrected chi connectivity index (χ1v) is 11.7. The molecule has 8 heteroatoms. The van der Waals surface area contributed by atoms with Gasteiger partial charge < -0.3 is 15.4 Å². The van der Waals surface area contributed by atoms with Crippen molar-refractivity contribution in [1.82, 2.24) is 5.01 Å². The summed E-state index contributed by atoms with van der Waals surface area (Å²) in [5.74, 6) is 0.0693. The zero-order valence-corrected chi connectivity index (χ0v) is 20.2. The molecule has 3 aromatic carbocycles. The van der Waals surface area contributed by atoms with Crippen molar-refractivity contribution in [3.8, 4) is 5.75 Å². The van der Waals surface area contributed by atoms with Crippen molar-refractivity contribution in [2.75, 3.05) is 17.7 Å². The first-order chi connectivity index (χ1) is 17.4. The van der Waals surface area contributed by atoms with Crippen molar-refractivity contribution in [1.29, 1.82) is 0 Å². The van der Waals surface area contributed by atoms with Gasteiger partial charge in [0.25, 0.3) is 0 Å². The molecular formula is C28H28N4O4. The second-order valence-corrected chi connectivity index (χ2v) is 8.45. The molecular weight excluding hydrogens is 456 g/mol. The second-order valence-electron chi connectivity index (χ2n) is 8.45. The zero-order chi connectivity index (χ0) is 25.5. The summed E-state index contributed by atoms with van der Waals surface area (Å²) in [6.45, 7) is 1.43. The number of methoxy groups -OCH3 is 1. The van der Waals surface area contributed by atoms with Crippen LogP contribution in [-0.4, -0.2) is 35.6 Å². The van der Waals surface area contributed by atoms with Crippen molar-refractivity contribution in [3.63, 3.8) is 0 Å². The molecule has 0 spiro atoms. The van der Waals surface area contributed by atoms with Gasteiger partial charge in [0.1, 0.15) is 5.75 Å². The van der Waals surface area contributed by atoms with Gasteiger partial charge in [0.05, 0.1) is 18.9 Å². The Hall–Kier alpha value is -4.46. The van der Waals surface area contributed by atoms with Crippen LogP contribution >= 0.6 is 0 Å². The number of nitrogens with zero attached hydrogens (tertiary/aromatic N) is 2. The Kier molecular flexibility index (Phi) is 7.75. The van der Waals surface area contributed by atoms with E-state index in [9.17, 15) is 14.4 Å². The molecule has 4 rings (SSSR count). The van der Waals surface area contributed by atoms with Gasteiger partial charge in [-0.3, -0.25) is 14.4 Å². The number of amides is 3. The molecule has 1 unspecified atom stereocenters. The van der Waals surface area contributed by atoms with E-state index in [2.05, 4.69) is 15.7 Å². The topological polar surface area (TPSA) is 100 Å². The first-order valence-electron chi connectivity index (χ1n) is 11.7. The minimum absolute atomic E-state index is 0.0219. The smallest absolute Gasteiger partial charge is 0.243 e. The maximum Gasteiger partial charge on any atom is 0.243 e. The fourth-order valence-corrected chi connectivity index (χ4v) is 4.03. The van der Waals surface area contributed by atoms with E-state index >= 15 is 0 Å². The van der Waals surface area contributed by atoms with E-state index < -0.39 is 0 Å². The van der Waals surface area contributed by atoms with Crippen molar-refractivity contribution < 1.29 is 19.1 Å². The van der Waals surface area contributed by atoms with Crippen LogP contribution in [-0.2, 0) is 14.4 Å². The largest absolute Gasteiger partial charge is 0.497 e. The predicted molar refractivity (Wildman–Crippen MR) is 139 cm³/mol. The van der Waals surface area contributed by atoms with Crippen LogP contribution in [0.1, 0.15) is 43.4 Å². The van der Waals surface area contributed by atoms with E-state index in [0.717, 1.165) is 22.6 Å². The average Bonchev–Trinajstić information content (AvgIpc) is 3.34. The lowest BCUT2D eigenvalue weighted by molar-refractivity contribution is -0.134. The Bertz CT molecular complexity index is 1250. The van der Waals surface area contributed by atoms with E-state index in [1.54, 1.807) is 31.4 Å². The molecule has 36 heavy (non-hydrogen) atoms. The van der Waals surface area contributed by atoms with Crippen LogP contribution in [0.25, 0.3) is 0 Å². The van der Waals surface area contributed by atoms with E-state index in [-0.39, 0.29) is 36.6 Å². The molecule has 1 heterocycles. The van der Waals surface area contributed by atoms with Crippen molar-refractivity contribution in [2.24, 2.45) is 5.10 Å². The van der Waals surface area contributed by atoms with Crippen LogP contribution < -0.4 is 15.4 Å². The number of carbonyl (C=O) groups excluding carboxylic acids is 3. The van der Waals surface area contributed by atoms with Crippen LogP contribution in [0.4, 0.5) is 11.4 Å². The molecule has 0 saturated heterocycles. The number of rotatable bonds is 8. The Balaban J connectivity index is 1.43. The van der Waals surface area contributed by atoms with Crippen LogP contribution in [0.2, 0.25) is 0 Å². The number of ether oxygens (including phenoxy) is 1. The highest BCUT2D eigenvalue weighted by Gasteiger charge is 2.33.